The molecule has 0 saturated carbocycles. The minimum absolute atomic E-state index is 0.0787. The Bertz CT molecular complexity index is 2880. The van der Waals surface area contributed by atoms with Crippen molar-refractivity contribution < 1.29 is 0 Å². The van der Waals surface area contributed by atoms with Crippen LogP contribution in [0.1, 0.15) is 25.0 Å². The molecule has 0 fully saturated rings. The van der Waals surface area contributed by atoms with Crippen molar-refractivity contribution in [1.82, 2.24) is 9.05 Å². The van der Waals surface area contributed by atoms with Crippen LogP contribution in [-0.4, -0.2) is 15.9 Å². The molecule has 0 amide bonds. The largest absolute Gasteiger partial charge is 0.375 e. The van der Waals surface area contributed by atoms with E-state index in [4.69, 9.17) is 0 Å². The molecule has 46 heavy (non-hydrogen) atoms. The van der Waals surface area contributed by atoms with Gasteiger partial charge in [-0.2, -0.15) is 0 Å². The van der Waals surface area contributed by atoms with Crippen molar-refractivity contribution in [3.05, 3.63) is 139 Å². The fourth-order valence-electron chi connectivity index (χ4n) is 9.79. The van der Waals surface area contributed by atoms with Crippen LogP contribution in [0.25, 0.3) is 82.3 Å². The Balaban J connectivity index is 1.45. The van der Waals surface area contributed by atoms with Gasteiger partial charge in [0.2, 0.25) is 0 Å². The Kier molecular flexibility index (Phi) is 3.95. The fourth-order valence-corrected chi connectivity index (χ4v) is 9.79. The van der Waals surface area contributed by atoms with E-state index in [2.05, 4.69) is 150 Å². The highest BCUT2D eigenvalue weighted by Crippen LogP contribution is 2.53. The standard InChI is InChI=1S/C43H27BN2/c1-43(2)32-19-11-20-34-40(32)45-41-33(43)22-25-14-6-7-15-26(25)36(41)37-30(24-12-4-3-5-13-24)23-31-29-18-10-17-28-27-16-8-9-21-35(27)46(39(28)29)44(34)38(31)42(37)45/h3-23H,1-2H3. The van der Waals surface area contributed by atoms with Crippen LogP contribution < -0.4 is 10.9 Å². The van der Waals surface area contributed by atoms with Crippen molar-refractivity contribution >= 4 is 72.2 Å². The third-order valence-electron chi connectivity index (χ3n) is 11.6. The fraction of sp³-hybridized carbons (Fsp3) is 0.0698. The molecule has 0 bridgehead atoms. The number of nitrogens with zero attached hydrogens (tertiary/aromatic N) is 2. The van der Waals surface area contributed by atoms with Gasteiger partial charge < -0.3 is 9.05 Å². The minimum atomic E-state index is -0.161. The van der Waals surface area contributed by atoms with E-state index in [9.17, 15) is 0 Å². The highest BCUT2D eigenvalue weighted by atomic mass is 15.0. The normalized spacial score (nSPS) is 14.9. The lowest BCUT2D eigenvalue weighted by Crippen LogP contribution is -2.56. The van der Waals surface area contributed by atoms with Gasteiger partial charge in [-0.15, -0.1) is 0 Å². The van der Waals surface area contributed by atoms with Crippen LogP contribution in [0.5, 0.6) is 0 Å². The topological polar surface area (TPSA) is 9.86 Å². The van der Waals surface area contributed by atoms with Crippen molar-refractivity contribution in [1.29, 1.82) is 0 Å². The molecule has 0 saturated heterocycles. The summed E-state index contributed by atoms with van der Waals surface area (Å²) in [5.41, 5.74) is 17.6. The van der Waals surface area contributed by atoms with Crippen LogP contribution in [0.4, 0.5) is 0 Å². The zero-order chi connectivity index (χ0) is 30.1. The van der Waals surface area contributed by atoms with Crippen LogP contribution >= 0.6 is 0 Å². The number of benzene rings is 7. The lowest BCUT2D eigenvalue weighted by Gasteiger charge is -2.40. The first kappa shape index (κ1) is 23.8. The van der Waals surface area contributed by atoms with Gasteiger partial charge in [-0.3, -0.25) is 0 Å². The lowest BCUT2D eigenvalue weighted by atomic mass is 9.45. The molecule has 0 atom stereocenters. The van der Waals surface area contributed by atoms with Gasteiger partial charge in [0.15, 0.2) is 0 Å². The summed E-state index contributed by atoms with van der Waals surface area (Å²) in [7, 11) is 0. The summed E-state index contributed by atoms with van der Waals surface area (Å²) in [6.07, 6.45) is 0. The monoisotopic (exact) mass is 582 g/mol. The van der Waals surface area contributed by atoms with Gasteiger partial charge >= 0.3 is 6.85 Å². The maximum atomic E-state index is 2.70. The van der Waals surface area contributed by atoms with E-state index in [1.807, 2.05) is 0 Å². The molecule has 9 aromatic rings. The Morgan fingerprint density at radius 3 is 2.20 bits per heavy atom. The molecule has 12 rings (SSSR count). The number of hydrogen-bond donors (Lipinski definition) is 0. The molecule has 3 aliphatic heterocycles. The van der Waals surface area contributed by atoms with Gasteiger partial charge in [-0.1, -0.05) is 123 Å². The molecule has 0 N–H and O–H groups in total. The van der Waals surface area contributed by atoms with E-state index in [1.165, 1.54) is 104 Å². The number of fused-ring (bicyclic) bond motifs is 9. The highest BCUT2D eigenvalue weighted by Gasteiger charge is 2.47. The van der Waals surface area contributed by atoms with E-state index in [1.54, 1.807) is 0 Å². The van der Waals surface area contributed by atoms with Gasteiger partial charge in [-0.05, 0) is 67.7 Å². The molecule has 212 valence electrons. The molecule has 3 heteroatoms. The summed E-state index contributed by atoms with van der Waals surface area (Å²) in [5.74, 6) is 0. The van der Waals surface area contributed by atoms with E-state index in [0.29, 0.717) is 0 Å². The maximum absolute atomic E-state index is 2.70. The van der Waals surface area contributed by atoms with E-state index < -0.39 is 0 Å². The van der Waals surface area contributed by atoms with Crippen molar-refractivity contribution in [3.8, 4) is 27.9 Å². The summed E-state index contributed by atoms with van der Waals surface area (Å²) < 4.78 is 5.38. The second-order valence-corrected chi connectivity index (χ2v) is 14.0. The third kappa shape index (κ3) is 2.45. The number of hydrogen-bond acceptors (Lipinski definition) is 0. The van der Waals surface area contributed by atoms with Crippen LogP contribution in [0.2, 0.25) is 0 Å². The Labute approximate surface area is 266 Å². The molecule has 5 heterocycles. The number of para-hydroxylation sites is 3. The highest BCUT2D eigenvalue weighted by molar-refractivity contribution is 6.90. The first-order chi connectivity index (χ1) is 22.6. The Morgan fingerprint density at radius 1 is 0.543 bits per heavy atom. The molecule has 2 aromatic heterocycles. The number of aromatic nitrogens is 2. The molecule has 0 spiro atoms. The molecule has 0 radical (unpaired) electrons. The predicted molar refractivity (Wildman–Crippen MR) is 195 cm³/mol. The van der Waals surface area contributed by atoms with Crippen molar-refractivity contribution in [2.75, 3.05) is 0 Å². The van der Waals surface area contributed by atoms with Crippen LogP contribution in [0.3, 0.4) is 0 Å². The van der Waals surface area contributed by atoms with Crippen LogP contribution in [0.15, 0.2) is 127 Å². The molecule has 7 aromatic carbocycles. The summed E-state index contributed by atoms with van der Waals surface area (Å²) in [6.45, 7) is 4.95. The van der Waals surface area contributed by atoms with Crippen LogP contribution in [0, 0.1) is 0 Å². The van der Waals surface area contributed by atoms with Crippen molar-refractivity contribution in [3.63, 3.8) is 0 Å². The molecule has 2 nitrogen and oxygen atoms in total. The number of rotatable bonds is 1. The van der Waals surface area contributed by atoms with Gasteiger partial charge in [0.1, 0.15) is 0 Å². The lowest BCUT2D eigenvalue weighted by molar-refractivity contribution is 0.632. The average molecular weight is 583 g/mol. The summed E-state index contributed by atoms with van der Waals surface area (Å²) in [6, 6.07) is 48.2. The van der Waals surface area contributed by atoms with Gasteiger partial charge in [-0.25, -0.2) is 0 Å². The maximum Gasteiger partial charge on any atom is 0.333 e. The molecular formula is C43H27BN2. The minimum Gasteiger partial charge on any atom is -0.375 e. The summed E-state index contributed by atoms with van der Waals surface area (Å²) in [5, 5.41) is 8.09. The van der Waals surface area contributed by atoms with Gasteiger partial charge in [0, 0.05) is 49.2 Å². The molecular weight excluding hydrogens is 555 g/mol. The molecule has 3 aliphatic rings. The molecule has 0 unspecified atom stereocenters. The van der Waals surface area contributed by atoms with E-state index in [-0.39, 0.29) is 12.3 Å². The molecule has 0 aliphatic carbocycles. The first-order valence-electron chi connectivity index (χ1n) is 16.4. The predicted octanol–water partition coefficient (Wildman–Crippen LogP) is 9.30. The van der Waals surface area contributed by atoms with Crippen molar-refractivity contribution in [2.24, 2.45) is 0 Å². The SMILES string of the molecule is CC1(C)c2cccc3c2-n2c4c5c(cc(-c6ccccc6)c4c4c6ccccc6cc1c42)-c1cccc2c4ccccc4n(c12)B35. The second kappa shape index (κ2) is 7.63. The van der Waals surface area contributed by atoms with Crippen molar-refractivity contribution in [2.45, 2.75) is 19.3 Å². The zero-order valence-corrected chi connectivity index (χ0v) is 25.6. The Morgan fingerprint density at radius 2 is 1.30 bits per heavy atom. The first-order valence-corrected chi connectivity index (χ1v) is 16.4. The van der Waals surface area contributed by atoms with Gasteiger partial charge in [0.05, 0.1) is 11.0 Å². The smallest absolute Gasteiger partial charge is 0.333 e. The van der Waals surface area contributed by atoms with E-state index >= 15 is 0 Å². The Hall–Kier alpha value is -5.54. The average Bonchev–Trinajstić information content (AvgIpc) is 3.63. The summed E-state index contributed by atoms with van der Waals surface area (Å²) >= 11 is 0. The third-order valence-corrected chi connectivity index (χ3v) is 11.6. The van der Waals surface area contributed by atoms with Gasteiger partial charge in [0.25, 0.3) is 0 Å². The van der Waals surface area contributed by atoms with Crippen LogP contribution in [-0.2, 0) is 5.41 Å². The van der Waals surface area contributed by atoms with E-state index in [0.717, 1.165) is 0 Å². The summed E-state index contributed by atoms with van der Waals surface area (Å²) in [4.78, 5) is 0. The second-order valence-electron chi connectivity index (χ2n) is 14.0. The quantitative estimate of drug-likeness (QED) is 0.171. The zero-order valence-electron chi connectivity index (χ0n) is 25.6.